The molecule has 0 fully saturated rings. The maximum absolute atomic E-state index is 13.6. The van der Waals surface area contributed by atoms with Gasteiger partial charge in [0.2, 0.25) is 0 Å². The van der Waals surface area contributed by atoms with E-state index in [-0.39, 0.29) is 30.2 Å². The summed E-state index contributed by atoms with van der Waals surface area (Å²) in [7, 11) is 1.45. The van der Waals surface area contributed by atoms with Gasteiger partial charge in [0.05, 0.1) is 19.2 Å². The molecule has 0 radical (unpaired) electrons. The molecular weight excluding hydrogens is 511 g/mol. The monoisotopic (exact) mass is 536 g/mol. The summed E-state index contributed by atoms with van der Waals surface area (Å²) in [5, 5.41) is 18.4. The summed E-state index contributed by atoms with van der Waals surface area (Å²) in [4.78, 5) is 25.7. The number of methoxy groups -OCH3 is 1. The van der Waals surface area contributed by atoms with Gasteiger partial charge in [0.25, 0.3) is 11.8 Å². The van der Waals surface area contributed by atoms with Crippen molar-refractivity contribution in [2.24, 2.45) is 10.8 Å². The number of amides is 2. The molecule has 1 atom stereocenters. The van der Waals surface area contributed by atoms with E-state index in [1.807, 2.05) is 0 Å². The first-order valence-electron chi connectivity index (χ1n) is 11.4. The van der Waals surface area contributed by atoms with Crippen LogP contribution in [-0.2, 0) is 4.79 Å². The van der Waals surface area contributed by atoms with Crippen molar-refractivity contribution in [1.29, 1.82) is 0 Å². The van der Waals surface area contributed by atoms with Gasteiger partial charge in [0, 0.05) is 16.8 Å². The van der Waals surface area contributed by atoms with Crippen molar-refractivity contribution in [3.8, 4) is 17.2 Å². The van der Waals surface area contributed by atoms with E-state index in [0.29, 0.717) is 27.6 Å². The Kier molecular flexibility index (Phi) is 8.17. The summed E-state index contributed by atoms with van der Waals surface area (Å²) in [5.74, 6) is -0.974. The zero-order chi connectivity index (χ0) is 27.2. The number of hydrogen-bond donors (Lipinski definition) is 3. The summed E-state index contributed by atoms with van der Waals surface area (Å²) in [5.41, 5.74) is 7.00. The summed E-state index contributed by atoms with van der Waals surface area (Å²) in [6.07, 6.45) is 0. The molecule has 196 valence electrons. The molecule has 11 heteroatoms. The van der Waals surface area contributed by atoms with Gasteiger partial charge in [-0.2, -0.15) is 5.10 Å². The lowest BCUT2D eigenvalue weighted by atomic mass is 10.1. The third-order valence-corrected chi connectivity index (χ3v) is 6.65. The Bertz CT molecular complexity index is 1400. The number of nitrogens with zero attached hydrogens (tertiary/aromatic N) is 2. The molecule has 1 aliphatic rings. The highest BCUT2D eigenvalue weighted by Gasteiger charge is 2.37. The minimum Gasteiger partial charge on any atom is -0.507 e. The maximum atomic E-state index is 13.6. The fourth-order valence-corrected chi connectivity index (χ4v) is 4.81. The second kappa shape index (κ2) is 11.7. The van der Waals surface area contributed by atoms with E-state index >= 15 is 0 Å². The van der Waals surface area contributed by atoms with Crippen LogP contribution in [0.2, 0.25) is 0 Å². The number of hydrogen-bond acceptors (Lipinski definition) is 8. The van der Waals surface area contributed by atoms with Gasteiger partial charge in [-0.15, -0.1) is 0 Å². The zero-order valence-electron chi connectivity index (χ0n) is 20.4. The largest absolute Gasteiger partial charge is 0.507 e. The van der Waals surface area contributed by atoms with E-state index in [0.717, 1.165) is 0 Å². The van der Waals surface area contributed by atoms with Crippen LogP contribution in [0.15, 0.2) is 84.1 Å². The number of phenolic OH excluding ortho intramolecular Hbond substituents is 1. The highest BCUT2D eigenvalue weighted by molar-refractivity contribution is 8.14. The van der Waals surface area contributed by atoms with Crippen LogP contribution in [0.3, 0.4) is 0 Å². The van der Waals surface area contributed by atoms with Crippen molar-refractivity contribution < 1.29 is 28.6 Å². The van der Waals surface area contributed by atoms with Crippen LogP contribution in [0.25, 0.3) is 0 Å². The van der Waals surface area contributed by atoms with Gasteiger partial charge in [0.15, 0.2) is 18.1 Å². The van der Waals surface area contributed by atoms with Gasteiger partial charge < -0.3 is 25.6 Å². The summed E-state index contributed by atoms with van der Waals surface area (Å²) in [6, 6.07) is 17.0. The molecule has 0 spiro atoms. The Hall–Kier alpha value is -4.51. The van der Waals surface area contributed by atoms with Crippen molar-refractivity contribution in [3.63, 3.8) is 0 Å². The van der Waals surface area contributed by atoms with E-state index in [1.54, 1.807) is 42.5 Å². The number of nitrogens with one attached hydrogen (secondary N) is 1. The van der Waals surface area contributed by atoms with E-state index in [2.05, 4.69) is 17.0 Å². The highest BCUT2D eigenvalue weighted by atomic mass is 32.2. The number of aromatic hydroxyl groups is 1. The molecule has 1 unspecified atom stereocenters. The summed E-state index contributed by atoms with van der Waals surface area (Å²) < 4.78 is 24.9. The highest BCUT2D eigenvalue weighted by Crippen LogP contribution is 2.47. The molecule has 3 aromatic rings. The average molecular weight is 537 g/mol. The number of carbonyl (C=O) groups excluding carboxylic acids is 2. The number of hydrazone groups is 1. The second-order valence-corrected chi connectivity index (χ2v) is 9.22. The fourth-order valence-electron chi connectivity index (χ4n) is 3.64. The van der Waals surface area contributed by atoms with Crippen molar-refractivity contribution in [2.75, 3.05) is 20.3 Å². The maximum Gasteiger partial charge on any atom is 0.279 e. The average Bonchev–Trinajstić information content (AvgIpc) is 3.36. The fraction of sp³-hybridized carbons (Fsp3) is 0.148. The smallest absolute Gasteiger partial charge is 0.279 e. The molecule has 0 saturated heterocycles. The van der Waals surface area contributed by atoms with Crippen molar-refractivity contribution in [2.45, 2.75) is 5.37 Å². The lowest BCUT2D eigenvalue weighted by Crippen LogP contribution is -2.31. The predicted molar refractivity (Wildman–Crippen MR) is 142 cm³/mol. The molecule has 0 bridgehead atoms. The first-order chi connectivity index (χ1) is 18.3. The van der Waals surface area contributed by atoms with Crippen LogP contribution in [0.4, 0.5) is 4.39 Å². The topological polar surface area (TPSA) is 126 Å². The van der Waals surface area contributed by atoms with Crippen LogP contribution in [0, 0.1) is 5.82 Å². The van der Waals surface area contributed by atoms with Crippen molar-refractivity contribution in [1.82, 2.24) is 10.3 Å². The number of halogens is 1. The standard InChI is InChI=1S/C27H25FN4O5S/c1-16(29)14-30-23(34)15-37-22-9-5-7-20(24(22)36-2)27-32(26(35)19-6-3-4-8-21(19)33)31-25(38-27)17-10-12-18(28)13-11-17/h3-13,27,33H,1,14-15,29H2,2H3,(H,30,34). The second-order valence-electron chi connectivity index (χ2n) is 8.15. The van der Waals surface area contributed by atoms with Crippen LogP contribution < -0.4 is 20.5 Å². The number of rotatable bonds is 9. The zero-order valence-corrected chi connectivity index (χ0v) is 21.2. The van der Waals surface area contributed by atoms with Gasteiger partial charge in [-0.3, -0.25) is 9.59 Å². The minimum absolute atomic E-state index is 0.0618. The Labute approximate surface area is 222 Å². The van der Waals surface area contributed by atoms with Crippen molar-refractivity contribution in [3.05, 3.63) is 102 Å². The molecule has 1 heterocycles. The van der Waals surface area contributed by atoms with Crippen LogP contribution in [-0.4, -0.2) is 47.2 Å². The number of carbonyl (C=O) groups is 2. The number of thioether (sulfide) groups is 1. The Balaban J connectivity index is 1.68. The number of nitrogens with two attached hydrogens (primary N) is 1. The van der Waals surface area contributed by atoms with Crippen molar-refractivity contribution >= 4 is 28.6 Å². The molecule has 0 aliphatic carbocycles. The molecule has 4 N–H and O–H groups in total. The quantitative estimate of drug-likeness (QED) is 0.380. The number of benzene rings is 3. The van der Waals surface area contributed by atoms with Crippen LogP contribution in [0.1, 0.15) is 26.9 Å². The van der Waals surface area contributed by atoms with E-state index in [4.69, 9.17) is 15.2 Å². The molecule has 0 aromatic heterocycles. The van der Waals surface area contributed by atoms with Gasteiger partial charge in [-0.25, -0.2) is 9.40 Å². The molecule has 1 aliphatic heterocycles. The number of ether oxygens (including phenoxy) is 2. The lowest BCUT2D eigenvalue weighted by Gasteiger charge is -2.24. The lowest BCUT2D eigenvalue weighted by molar-refractivity contribution is -0.122. The van der Waals surface area contributed by atoms with E-state index in [9.17, 15) is 19.1 Å². The molecule has 4 rings (SSSR count). The Morgan fingerprint density at radius 3 is 2.58 bits per heavy atom. The molecule has 3 aromatic carbocycles. The Morgan fingerprint density at radius 2 is 1.89 bits per heavy atom. The molecule has 2 amide bonds. The van der Waals surface area contributed by atoms with E-state index in [1.165, 1.54) is 48.1 Å². The molecule has 9 nitrogen and oxygen atoms in total. The van der Waals surface area contributed by atoms with Gasteiger partial charge in [0.1, 0.15) is 22.0 Å². The molecule has 0 saturated carbocycles. The third kappa shape index (κ3) is 5.89. The molecular formula is C27H25FN4O5S. The third-order valence-electron chi connectivity index (χ3n) is 5.43. The Morgan fingerprint density at radius 1 is 1.16 bits per heavy atom. The summed E-state index contributed by atoms with van der Waals surface area (Å²) >= 11 is 1.25. The normalized spacial score (nSPS) is 14.5. The first kappa shape index (κ1) is 26.6. The minimum atomic E-state index is -0.727. The van der Waals surface area contributed by atoms with Gasteiger partial charge >= 0.3 is 0 Å². The predicted octanol–water partition coefficient (Wildman–Crippen LogP) is 3.76. The molecule has 38 heavy (non-hydrogen) atoms. The summed E-state index contributed by atoms with van der Waals surface area (Å²) in [6.45, 7) is 3.35. The SMILES string of the molecule is C=C(N)CNC(=O)COc1cccc(C2SC(c3ccc(F)cc3)=NN2C(=O)c2ccccc2O)c1OC. The van der Waals surface area contributed by atoms with Crippen LogP contribution >= 0.6 is 11.8 Å². The van der Waals surface area contributed by atoms with Gasteiger partial charge in [-0.05, 0) is 42.5 Å². The number of phenols is 1. The number of para-hydroxylation sites is 2. The van der Waals surface area contributed by atoms with E-state index < -0.39 is 23.0 Å². The van der Waals surface area contributed by atoms with Gasteiger partial charge in [-0.1, -0.05) is 42.6 Å². The van der Waals surface area contributed by atoms with Crippen LogP contribution in [0.5, 0.6) is 17.2 Å². The first-order valence-corrected chi connectivity index (χ1v) is 12.3.